The molecule has 1 nitrogen and oxygen atoms in total. The minimum atomic E-state index is 0.757. The molecule has 0 heterocycles. The van der Waals surface area contributed by atoms with Gasteiger partial charge in [0.1, 0.15) is 0 Å². The summed E-state index contributed by atoms with van der Waals surface area (Å²) in [7, 11) is 1.91. The SMILES string of the molecule is CNc1ccc(Cl)cc1-c1ccccc1. The third-order valence-corrected chi connectivity index (χ3v) is 2.57. The molecule has 76 valence electrons. The van der Waals surface area contributed by atoms with Gasteiger partial charge in [-0.2, -0.15) is 0 Å². The van der Waals surface area contributed by atoms with Crippen LogP contribution in [0.15, 0.2) is 48.5 Å². The van der Waals surface area contributed by atoms with Gasteiger partial charge >= 0.3 is 0 Å². The highest BCUT2D eigenvalue weighted by molar-refractivity contribution is 6.31. The lowest BCUT2D eigenvalue weighted by molar-refractivity contribution is 1.50. The normalized spacial score (nSPS) is 10.0. The molecule has 15 heavy (non-hydrogen) atoms. The van der Waals surface area contributed by atoms with Gasteiger partial charge in [0.15, 0.2) is 0 Å². The van der Waals surface area contributed by atoms with E-state index >= 15 is 0 Å². The Morgan fingerprint density at radius 3 is 2.40 bits per heavy atom. The average Bonchev–Trinajstić information content (AvgIpc) is 2.30. The summed E-state index contributed by atoms with van der Waals surface area (Å²) < 4.78 is 0. The largest absolute Gasteiger partial charge is 0.388 e. The Morgan fingerprint density at radius 2 is 1.73 bits per heavy atom. The van der Waals surface area contributed by atoms with E-state index in [1.807, 2.05) is 43.4 Å². The molecule has 0 aromatic heterocycles. The number of nitrogens with one attached hydrogen (secondary N) is 1. The maximum Gasteiger partial charge on any atom is 0.0418 e. The molecule has 0 unspecified atom stereocenters. The first-order valence-corrected chi connectivity index (χ1v) is 5.22. The molecule has 0 radical (unpaired) electrons. The molecule has 0 saturated carbocycles. The predicted molar refractivity (Wildman–Crippen MR) is 66.4 cm³/mol. The molecular weight excluding hydrogens is 206 g/mol. The van der Waals surface area contributed by atoms with Crippen LogP contribution in [0, 0.1) is 0 Å². The molecule has 2 heteroatoms. The third kappa shape index (κ3) is 2.13. The molecule has 2 aromatic carbocycles. The van der Waals surface area contributed by atoms with E-state index in [1.54, 1.807) is 0 Å². The Labute approximate surface area is 94.7 Å². The number of anilines is 1. The predicted octanol–water partition coefficient (Wildman–Crippen LogP) is 4.05. The van der Waals surface area contributed by atoms with Crippen molar-refractivity contribution in [3.05, 3.63) is 53.6 Å². The van der Waals surface area contributed by atoms with Crippen molar-refractivity contribution < 1.29 is 0 Å². The van der Waals surface area contributed by atoms with Gasteiger partial charge in [-0.1, -0.05) is 41.9 Å². The van der Waals surface area contributed by atoms with Crippen molar-refractivity contribution in [3.8, 4) is 11.1 Å². The minimum absolute atomic E-state index is 0.757. The Balaban J connectivity index is 2.56. The highest BCUT2D eigenvalue weighted by atomic mass is 35.5. The van der Waals surface area contributed by atoms with E-state index in [0.29, 0.717) is 0 Å². The lowest BCUT2D eigenvalue weighted by atomic mass is 10.0. The molecule has 0 aliphatic rings. The Kier molecular flexibility index (Phi) is 2.93. The molecule has 0 bridgehead atoms. The number of benzene rings is 2. The van der Waals surface area contributed by atoms with Crippen LogP contribution in [0.25, 0.3) is 11.1 Å². The van der Waals surface area contributed by atoms with Crippen LogP contribution < -0.4 is 5.32 Å². The summed E-state index contributed by atoms with van der Waals surface area (Å²) >= 11 is 6.00. The van der Waals surface area contributed by atoms with Gasteiger partial charge in [0.25, 0.3) is 0 Å². The van der Waals surface area contributed by atoms with Crippen LogP contribution in [0.4, 0.5) is 5.69 Å². The zero-order chi connectivity index (χ0) is 10.7. The fourth-order valence-corrected chi connectivity index (χ4v) is 1.76. The average molecular weight is 218 g/mol. The summed E-state index contributed by atoms with van der Waals surface area (Å²) in [5.74, 6) is 0. The molecule has 0 aliphatic carbocycles. The van der Waals surface area contributed by atoms with Crippen molar-refractivity contribution in [1.29, 1.82) is 0 Å². The van der Waals surface area contributed by atoms with Crippen molar-refractivity contribution in [2.75, 3.05) is 12.4 Å². The van der Waals surface area contributed by atoms with E-state index in [2.05, 4.69) is 17.4 Å². The van der Waals surface area contributed by atoms with E-state index in [9.17, 15) is 0 Å². The van der Waals surface area contributed by atoms with Gasteiger partial charge in [0.2, 0.25) is 0 Å². The molecule has 2 rings (SSSR count). The second-order valence-electron chi connectivity index (χ2n) is 3.31. The van der Waals surface area contributed by atoms with E-state index in [4.69, 9.17) is 11.6 Å². The van der Waals surface area contributed by atoms with Gasteiger partial charge in [-0.05, 0) is 23.8 Å². The molecule has 0 fully saturated rings. The molecule has 2 aromatic rings. The van der Waals surface area contributed by atoms with Crippen LogP contribution in [0.3, 0.4) is 0 Å². The zero-order valence-corrected chi connectivity index (χ0v) is 9.25. The van der Waals surface area contributed by atoms with Gasteiger partial charge in [0, 0.05) is 23.3 Å². The molecular formula is C13H12ClN. The maximum absolute atomic E-state index is 6.00. The molecule has 0 spiro atoms. The molecule has 0 amide bonds. The number of hydrogen-bond acceptors (Lipinski definition) is 1. The quantitative estimate of drug-likeness (QED) is 0.801. The van der Waals surface area contributed by atoms with Crippen LogP contribution in [-0.2, 0) is 0 Å². The standard InChI is InChI=1S/C13H12ClN/c1-15-13-8-7-11(14)9-12(13)10-5-3-2-4-6-10/h2-9,15H,1H3. The first-order chi connectivity index (χ1) is 7.31. The summed E-state index contributed by atoms with van der Waals surface area (Å²) in [5, 5.41) is 3.92. The monoisotopic (exact) mass is 217 g/mol. The van der Waals surface area contributed by atoms with Crippen molar-refractivity contribution in [1.82, 2.24) is 0 Å². The van der Waals surface area contributed by atoms with Gasteiger partial charge < -0.3 is 5.32 Å². The fourth-order valence-electron chi connectivity index (χ4n) is 1.59. The van der Waals surface area contributed by atoms with Gasteiger partial charge in [0.05, 0.1) is 0 Å². The van der Waals surface area contributed by atoms with E-state index in [0.717, 1.165) is 16.3 Å². The van der Waals surface area contributed by atoms with Crippen LogP contribution in [0.5, 0.6) is 0 Å². The van der Waals surface area contributed by atoms with Crippen LogP contribution in [0.1, 0.15) is 0 Å². The zero-order valence-electron chi connectivity index (χ0n) is 8.50. The molecule has 1 N–H and O–H groups in total. The maximum atomic E-state index is 6.00. The summed E-state index contributed by atoms with van der Waals surface area (Å²) in [6.07, 6.45) is 0. The Morgan fingerprint density at radius 1 is 1.00 bits per heavy atom. The minimum Gasteiger partial charge on any atom is -0.388 e. The summed E-state index contributed by atoms with van der Waals surface area (Å²) in [5.41, 5.74) is 3.39. The van der Waals surface area contributed by atoms with E-state index in [-0.39, 0.29) is 0 Å². The topological polar surface area (TPSA) is 12.0 Å². The fraction of sp³-hybridized carbons (Fsp3) is 0.0769. The van der Waals surface area contributed by atoms with Crippen molar-refractivity contribution >= 4 is 17.3 Å². The van der Waals surface area contributed by atoms with Gasteiger partial charge in [-0.25, -0.2) is 0 Å². The van der Waals surface area contributed by atoms with E-state index in [1.165, 1.54) is 5.56 Å². The lowest BCUT2D eigenvalue weighted by Crippen LogP contribution is -1.91. The first-order valence-electron chi connectivity index (χ1n) is 4.84. The number of rotatable bonds is 2. The summed E-state index contributed by atoms with van der Waals surface area (Å²) in [6, 6.07) is 16.1. The second kappa shape index (κ2) is 4.37. The van der Waals surface area contributed by atoms with E-state index < -0.39 is 0 Å². The second-order valence-corrected chi connectivity index (χ2v) is 3.74. The Hall–Kier alpha value is -1.47. The lowest BCUT2D eigenvalue weighted by Gasteiger charge is -2.09. The highest BCUT2D eigenvalue weighted by Crippen LogP contribution is 2.30. The molecule has 0 saturated heterocycles. The Bertz CT molecular complexity index is 451. The van der Waals surface area contributed by atoms with Crippen LogP contribution in [0.2, 0.25) is 5.02 Å². The van der Waals surface area contributed by atoms with Crippen molar-refractivity contribution in [3.63, 3.8) is 0 Å². The van der Waals surface area contributed by atoms with Gasteiger partial charge in [-0.3, -0.25) is 0 Å². The number of hydrogen-bond donors (Lipinski definition) is 1. The third-order valence-electron chi connectivity index (χ3n) is 2.34. The van der Waals surface area contributed by atoms with Crippen LogP contribution in [-0.4, -0.2) is 7.05 Å². The number of halogens is 1. The molecule has 0 aliphatic heterocycles. The van der Waals surface area contributed by atoms with Gasteiger partial charge in [-0.15, -0.1) is 0 Å². The smallest absolute Gasteiger partial charge is 0.0418 e. The first kappa shape index (κ1) is 10.1. The van der Waals surface area contributed by atoms with Crippen molar-refractivity contribution in [2.45, 2.75) is 0 Å². The summed E-state index contributed by atoms with van der Waals surface area (Å²) in [4.78, 5) is 0. The molecule has 0 atom stereocenters. The van der Waals surface area contributed by atoms with Crippen molar-refractivity contribution in [2.24, 2.45) is 0 Å². The van der Waals surface area contributed by atoms with Crippen LogP contribution >= 0.6 is 11.6 Å². The summed E-state index contributed by atoms with van der Waals surface area (Å²) in [6.45, 7) is 0. The highest BCUT2D eigenvalue weighted by Gasteiger charge is 2.03.